The fourth-order valence-corrected chi connectivity index (χ4v) is 3.38. The first kappa shape index (κ1) is 16.6. The number of aromatic nitrogens is 6. The second-order valence-electron chi connectivity index (χ2n) is 6.28. The fraction of sp³-hybridized carbons (Fsp3) is 0.105. The molecule has 0 aliphatic carbocycles. The summed E-state index contributed by atoms with van der Waals surface area (Å²) in [6.07, 6.45) is 2.50. The Morgan fingerprint density at radius 1 is 1.07 bits per heavy atom. The van der Waals surface area contributed by atoms with E-state index in [1.165, 1.54) is 0 Å². The SMILES string of the molecule is Clc1ccccc1CCNc1ncc2c(n1)Nc1ccccc1-n1nnnc1-2. The quantitative estimate of drug-likeness (QED) is 0.485. The lowest BCUT2D eigenvalue weighted by Gasteiger charge is -2.10. The largest absolute Gasteiger partial charge is 0.354 e. The molecule has 0 atom stereocenters. The number of para-hydroxylation sites is 2. The summed E-state index contributed by atoms with van der Waals surface area (Å²) in [7, 11) is 0. The van der Waals surface area contributed by atoms with Crippen molar-refractivity contribution in [2.24, 2.45) is 0 Å². The molecule has 28 heavy (non-hydrogen) atoms. The molecule has 0 saturated carbocycles. The predicted octanol–water partition coefficient (Wildman–Crippen LogP) is 3.48. The standard InChI is InChI=1S/C19H15ClN8/c20-14-6-2-1-5-12(14)9-10-21-19-22-11-13-17(24-19)23-15-7-3-4-8-16(15)28-18(13)25-26-27-28/h1-8,11H,9-10H2,(H2,21,22,23,24). The Hall–Kier alpha value is -3.52. The van der Waals surface area contributed by atoms with Crippen molar-refractivity contribution in [1.82, 2.24) is 30.2 Å². The van der Waals surface area contributed by atoms with Crippen LogP contribution in [0.2, 0.25) is 5.02 Å². The van der Waals surface area contributed by atoms with Gasteiger partial charge < -0.3 is 10.6 Å². The molecule has 0 fully saturated rings. The van der Waals surface area contributed by atoms with Crippen LogP contribution in [-0.2, 0) is 6.42 Å². The number of hydrogen-bond acceptors (Lipinski definition) is 7. The Bertz CT molecular complexity index is 1160. The van der Waals surface area contributed by atoms with Crippen molar-refractivity contribution in [1.29, 1.82) is 0 Å². The zero-order valence-electron chi connectivity index (χ0n) is 14.7. The first-order chi connectivity index (χ1) is 13.8. The Kier molecular flexibility index (Phi) is 4.10. The van der Waals surface area contributed by atoms with Crippen LogP contribution in [0.25, 0.3) is 17.1 Å². The van der Waals surface area contributed by atoms with Crippen molar-refractivity contribution in [3.05, 3.63) is 65.3 Å². The van der Waals surface area contributed by atoms with Gasteiger partial charge in [0.05, 0.1) is 16.9 Å². The van der Waals surface area contributed by atoms with Gasteiger partial charge >= 0.3 is 0 Å². The first-order valence-corrected chi connectivity index (χ1v) is 9.17. The summed E-state index contributed by atoms with van der Waals surface area (Å²) in [6, 6.07) is 15.6. The summed E-state index contributed by atoms with van der Waals surface area (Å²) in [5.74, 6) is 1.77. The van der Waals surface area contributed by atoms with Gasteiger partial charge in [-0.2, -0.15) is 9.67 Å². The van der Waals surface area contributed by atoms with Crippen LogP contribution in [-0.4, -0.2) is 36.7 Å². The summed E-state index contributed by atoms with van der Waals surface area (Å²) in [6.45, 7) is 0.664. The van der Waals surface area contributed by atoms with Crippen molar-refractivity contribution in [2.75, 3.05) is 17.2 Å². The zero-order chi connectivity index (χ0) is 18.9. The predicted molar refractivity (Wildman–Crippen MR) is 107 cm³/mol. The van der Waals surface area contributed by atoms with E-state index in [1.807, 2.05) is 48.5 Å². The molecule has 9 heteroatoms. The first-order valence-electron chi connectivity index (χ1n) is 8.79. The second kappa shape index (κ2) is 6.90. The number of rotatable bonds is 4. The lowest BCUT2D eigenvalue weighted by Crippen LogP contribution is -2.09. The van der Waals surface area contributed by atoms with Crippen molar-refractivity contribution >= 4 is 29.1 Å². The molecule has 138 valence electrons. The maximum absolute atomic E-state index is 6.21. The maximum atomic E-state index is 6.21. The van der Waals surface area contributed by atoms with Crippen molar-refractivity contribution < 1.29 is 0 Å². The van der Waals surface area contributed by atoms with E-state index in [-0.39, 0.29) is 0 Å². The highest BCUT2D eigenvalue weighted by molar-refractivity contribution is 6.31. The van der Waals surface area contributed by atoms with Crippen LogP contribution in [0.1, 0.15) is 5.56 Å². The van der Waals surface area contributed by atoms with Gasteiger partial charge in [-0.05, 0) is 40.6 Å². The van der Waals surface area contributed by atoms with E-state index in [0.29, 0.717) is 24.1 Å². The molecule has 1 aliphatic heterocycles. The number of fused-ring (bicyclic) bond motifs is 5. The highest BCUT2D eigenvalue weighted by atomic mass is 35.5. The van der Waals surface area contributed by atoms with E-state index in [0.717, 1.165) is 33.9 Å². The number of anilines is 3. The van der Waals surface area contributed by atoms with Gasteiger partial charge in [0.25, 0.3) is 0 Å². The van der Waals surface area contributed by atoms with E-state index in [4.69, 9.17) is 11.6 Å². The van der Waals surface area contributed by atoms with Crippen LogP contribution < -0.4 is 10.6 Å². The smallest absolute Gasteiger partial charge is 0.224 e. The van der Waals surface area contributed by atoms with Crippen LogP contribution in [0.15, 0.2) is 54.7 Å². The maximum Gasteiger partial charge on any atom is 0.224 e. The summed E-state index contributed by atoms with van der Waals surface area (Å²) in [5.41, 5.74) is 3.54. The molecule has 0 spiro atoms. The van der Waals surface area contributed by atoms with E-state index in [9.17, 15) is 0 Å². The fourth-order valence-electron chi connectivity index (χ4n) is 3.14. The third kappa shape index (κ3) is 2.93. The monoisotopic (exact) mass is 390 g/mol. The van der Waals surface area contributed by atoms with E-state index in [2.05, 4.69) is 36.1 Å². The number of benzene rings is 2. The van der Waals surface area contributed by atoms with Crippen LogP contribution >= 0.6 is 11.6 Å². The Labute approximate surface area is 165 Å². The molecule has 0 saturated heterocycles. The van der Waals surface area contributed by atoms with Gasteiger partial charge in [-0.3, -0.25) is 0 Å². The molecule has 3 heterocycles. The van der Waals surface area contributed by atoms with Crippen LogP contribution in [0.4, 0.5) is 17.5 Å². The van der Waals surface area contributed by atoms with Gasteiger partial charge in [0, 0.05) is 17.8 Å². The van der Waals surface area contributed by atoms with Crippen LogP contribution in [0, 0.1) is 0 Å². The summed E-state index contributed by atoms with van der Waals surface area (Å²) in [5, 5.41) is 19.4. The minimum atomic E-state index is 0.525. The summed E-state index contributed by atoms with van der Waals surface area (Å²) < 4.78 is 1.68. The minimum Gasteiger partial charge on any atom is -0.354 e. The molecule has 2 aromatic heterocycles. The molecule has 0 unspecified atom stereocenters. The highest BCUT2D eigenvalue weighted by Gasteiger charge is 2.23. The van der Waals surface area contributed by atoms with Crippen molar-refractivity contribution in [2.45, 2.75) is 6.42 Å². The van der Waals surface area contributed by atoms with Gasteiger partial charge in [-0.1, -0.05) is 41.9 Å². The Morgan fingerprint density at radius 3 is 2.86 bits per heavy atom. The molecule has 2 aromatic carbocycles. The number of tetrazole rings is 1. The highest BCUT2D eigenvalue weighted by Crippen LogP contribution is 2.35. The normalized spacial score (nSPS) is 11.6. The lowest BCUT2D eigenvalue weighted by molar-refractivity contribution is 0.793. The average molecular weight is 391 g/mol. The van der Waals surface area contributed by atoms with Crippen molar-refractivity contribution in [3.63, 3.8) is 0 Å². The van der Waals surface area contributed by atoms with Gasteiger partial charge in [0.1, 0.15) is 5.82 Å². The molecule has 0 bridgehead atoms. The zero-order valence-corrected chi connectivity index (χ0v) is 15.4. The number of nitrogens with one attached hydrogen (secondary N) is 2. The second-order valence-corrected chi connectivity index (χ2v) is 6.69. The molecule has 1 aliphatic rings. The lowest BCUT2D eigenvalue weighted by atomic mass is 10.1. The molecular formula is C19H15ClN8. The average Bonchev–Trinajstić information content (AvgIpc) is 3.15. The molecule has 5 rings (SSSR count). The van der Waals surface area contributed by atoms with Crippen LogP contribution in [0.3, 0.4) is 0 Å². The van der Waals surface area contributed by atoms with Gasteiger partial charge in [-0.15, -0.1) is 5.10 Å². The number of hydrogen-bond donors (Lipinski definition) is 2. The Balaban J connectivity index is 1.43. The number of nitrogens with zero attached hydrogens (tertiary/aromatic N) is 6. The minimum absolute atomic E-state index is 0.525. The number of halogens is 1. The van der Waals surface area contributed by atoms with E-state index >= 15 is 0 Å². The molecule has 8 nitrogen and oxygen atoms in total. The van der Waals surface area contributed by atoms with Crippen LogP contribution in [0.5, 0.6) is 0 Å². The van der Waals surface area contributed by atoms with E-state index < -0.39 is 0 Å². The summed E-state index contributed by atoms with van der Waals surface area (Å²) in [4.78, 5) is 9.05. The van der Waals surface area contributed by atoms with Crippen molar-refractivity contribution in [3.8, 4) is 17.1 Å². The topological polar surface area (TPSA) is 93.4 Å². The third-order valence-electron chi connectivity index (χ3n) is 4.52. The molecule has 0 radical (unpaired) electrons. The molecular weight excluding hydrogens is 376 g/mol. The van der Waals surface area contributed by atoms with Gasteiger partial charge in [0.2, 0.25) is 5.95 Å². The third-order valence-corrected chi connectivity index (χ3v) is 4.89. The van der Waals surface area contributed by atoms with Gasteiger partial charge in [-0.25, -0.2) is 4.98 Å². The molecule has 4 aromatic rings. The molecule has 2 N–H and O–H groups in total. The van der Waals surface area contributed by atoms with Gasteiger partial charge in [0.15, 0.2) is 5.82 Å². The Morgan fingerprint density at radius 2 is 1.93 bits per heavy atom. The molecule has 0 amide bonds. The summed E-state index contributed by atoms with van der Waals surface area (Å²) >= 11 is 6.21. The van der Waals surface area contributed by atoms with E-state index in [1.54, 1.807) is 10.9 Å².